The Kier molecular flexibility index (Phi) is 30.6. The quantitative estimate of drug-likeness (QED) is 0.0310. The van der Waals surface area contributed by atoms with Crippen LogP contribution in [0.25, 0.3) is 0 Å². The van der Waals surface area contributed by atoms with Crippen LogP contribution in [-0.4, -0.2) is 82.7 Å². The van der Waals surface area contributed by atoms with Gasteiger partial charge in [-0.15, -0.1) is 23.2 Å². The van der Waals surface area contributed by atoms with Crippen molar-refractivity contribution in [2.45, 2.75) is 87.3 Å². The topological polar surface area (TPSA) is 169 Å². The van der Waals surface area contributed by atoms with E-state index in [9.17, 15) is 28.1 Å². The molecule has 12 nitrogen and oxygen atoms in total. The van der Waals surface area contributed by atoms with Gasteiger partial charge in [0.25, 0.3) is 0 Å². The molecule has 0 aromatic heterocycles. The Hall–Kier alpha value is -6.98. The number of halogens is 2. The molecule has 506 valence electrons. The lowest BCUT2D eigenvalue weighted by atomic mass is 9.89. The Morgan fingerprint density at radius 3 is 0.812 bits per heavy atom. The number of benzene rings is 9. The minimum Gasteiger partial charge on any atom is -0.394 e. The lowest BCUT2D eigenvalue weighted by Gasteiger charge is -2.25. The largest absolute Gasteiger partial charge is 0.394 e. The second kappa shape index (κ2) is 37.7. The van der Waals surface area contributed by atoms with Gasteiger partial charge in [0.1, 0.15) is 0 Å². The molecule has 0 fully saturated rings. The molecule has 9 rings (SSSR count). The third kappa shape index (κ3) is 18.0. The Morgan fingerprint density at radius 1 is 0.344 bits per heavy atom. The molecule has 17 heteroatoms. The zero-order valence-corrected chi connectivity index (χ0v) is 61.3. The van der Waals surface area contributed by atoms with Gasteiger partial charge in [0, 0.05) is 81.6 Å². The van der Waals surface area contributed by atoms with Gasteiger partial charge in [-0.05, 0) is 129 Å². The number of methoxy groups -OCH3 is 3. The molecule has 9 aromatic rings. The average Bonchev–Trinajstić information content (AvgIpc) is 0.751. The number of hydrogen-bond donors (Lipinski definition) is 1. The van der Waals surface area contributed by atoms with Gasteiger partial charge in [0.2, 0.25) is 38.0 Å². The number of hydrogen-bond acceptors (Lipinski definition) is 12. The first-order valence-corrected chi connectivity index (χ1v) is 37.7. The molecule has 0 atom stereocenters. The van der Waals surface area contributed by atoms with E-state index in [0.29, 0.717) is 94.8 Å². The Bertz CT molecular complexity index is 3970. The van der Waals surface area contributed by atoms with Gasteiger partial charge in [0.05, 0.1) is 52.9 Å². The van der Waals surface area contributed by atoms with E-state index in [1.807, 2.05) is 159 Å². The van der Waals surface area contributed by atoms with Crippen LogP contribution in [0.3, 0.4) is 0 Å². The van der Waals surface area contributed by atoms with Crippen LogP contribution in [0.5, 0.6) is 0 Å². The van der Waals surface area contributed by atoms with Gasteiger partial charge >= 0.3 is 0 Å². The molecule has 0 bridgehead atoms. The van der Waals surface area contributed by atoms with Crippen molar-refractivity contribution < 1.29 is 56.9 Å². The Morgan fingerprint density at radius 2 is 0.583 bits per heavy atom. The third-order valence-corrected chi connectivity index (χ3v) is 26.0. The van der Waals surface area contributed by atoms with Crippen molar-refractivity contribution >= 4 is 93.0 Å². The van der Waals surface area contributed by atoms with E-state index >= 15 is 0 Å². The fourth-order valence-corrected chi connectivity index (χ4v) is 20.4. The predicted molar refractivity (Wildman–Crippen MR) is 395 cm³/mol. The smallest absolute Gasteiger partial charge is 0.230 e. The van der Waals surface area contributed by atoms with Gasteiger partial charge in [-0.1, -0.05) is 200 Å². The molecule has 9 aromatic carbocycles. The van der Waals surface area contributed by atoms with Crippen LogP contribution in [0.1, 0.15) is 103 Å². The molecule has 96 heavy (non-hydrogen) atoms. The highest BCUT2D eigenvalue weighted by Gasteiger charge is 2.42. The molecule has 0 aliphatic carbocycles. The van der Waals surface area contributed by atoms with Crippen LogP contribution in [0.2, 0.25) is 0 Å². The summed E-state index contributed by atoms with van der Waals surface area (Å²) < 4.78 is 70.0. The molecule has 0 heterocycles. The van der Waals surface area contributed by atoms with Crippen LogP contribution in [0.4, 0.5) is 0 Å². The number of carbonyl (C=O) groups is 3. The predicted octanol–water partition coefficient (Wildman–Crippen LogP) is 15.7. The molecule has 0 aliphatic heterocycles. The highest BCUT2D eigenvalue weighted by atomic mass is 35.5. The van der Waals surface area contributed by atoms with Crippen molar-refractivity contribution in [2.75, 3.05) is 61.0 Å². The Balaban J connectivity index is 0.000000223. The first kappa shape index (κ1) is 78.0. The number of aliphatic hydroxyl groups is 1. The standard InChI is InChI=1S/C30H37O6P.C24H23Cl2O2P.C22H21O2P.C3H8O2/c1-22-27(20-35-18-16-33-4)23(2)29(24(3)28(22)21-36-19-17-34-5)30(31)37(32,25-12-8-6-9-13-25)26-14-10-7-11-15-26;1-16-21(14-25)17(2)23(18(3)22(16)15-26)24(27)29(28,19-10-6-4-7-11-19)20-12-8-5-9-13-20;1-16-14-17(2)21(18(3)15-16)22(23)25(24,19-10-6-4-7-11-19)20-12-8-5-9-13-20;1-5-3-2-4/h6-15H,16-21H2,1-5H3;4-13H,14-15H2,1-3H3;4-15H,1-3H3;4H,2-3H2,1H3. The molecule has 0 aliphatic rings. The van der Waals surface area contributed by atoms with Crippen molar-refractivity contribution in [1.29, 1.82) is 0 Å². The maximum Gasteiger partial charge on any atom is 0.230 e. The average molecular weight is 1390 g/mol. The molecule has 0 spiro atoms. The number of aryl methyl sites for hydroxylation is 3. The maximum atomic E-state index is 14.9. The van der Waals surface area contributed by atoms with Crippen molar-refractivity contribution in [3.63, 3.8) is 0 Å². The number of aliphatic hydroxyl groups excluding tert-OH is 1. The molecule has 1 N–H and O–H groups in total. The minimum absolute atomic E-state index is 0.122. The van der Waals surface area contributed by atoms with Crippen LogP contribution in [-0.2, 0) is 62.4 Å². The zero-order valence-electron chi connectivity index (χ0n) is 57.1. The summed E-state index contributed by atoms with van der Waals surface area (Å²) in [5.41, 5.74) is 12.0. The molecular formula is C79H89Cl2O12P3. The number of rotatable bonds is 26. The van der Waals surface area contributed by atoms with Crippen molar-refractivity contribution in [3.8, 4) is 0 Å². The van der Waals surface area contributed by atoms with Crippen LogP contribution in [0, 0.1) is 62.3 Å². The van der Waals surface area contributed by atoms with Gasteiger partial charge in [-0.2, -0.15) is 0 Å². The molecule has 0 amide bonds. The van der Waals surface area contributed by atoms with Gasteiger partial charge < -0.3 is 42.5 Å². The van der Waals surface area contributed by atoms with E-state index in [2.05, 4.69) is 4.74 Å². The SMILES string of the molecule is COCCO.COCCOCc1c(C)c(COCCOC)c(C)c(C(=O)P(=O)(c2ccccc2)c2ccccc2)c1C.Cc1c(CCl)c(C)c(C(=O)P(=O)(c2ccccc2)c2ccccc2)c(C)c1CCl.Cc1cc(C)c(C(=O)P(=O)(c2ccccc2)c2ccccc2)c(C)c1. The lowest BCUT2D eigenvalue weighted by molar-refractivity contribution is 0.0586. The van der Waals surface area contributed by atoms with Gasteiger partial charge in [0.15, 0.2) is 0 Å². The number of alkyl halides is 2. The van der Waals surface area contributed by atoms with E-state index in [1.165, 1.54) is 0 Å². The van der Waals surface area contributed by atoms with E-state index in [-0.39, 0.29) is 34.9 Å². The second-order valence-corrected chi connectivity index (χ2v) is 31.5. The summed E-state index contributed by atoms with van der Waals surface area (Å²) in [6.45, 7) is 20.4. The van der Waals surface area contributed by atoms with Crippen LogP contribution >= 0.6 is 44.6 Å². The number of carbonyl (C=O) groups excluding carboxylic acids is 3. The van der Waals surface area contributed by atoms with E-state index < -0.39 is 21.4 Å². The van der Waals surface area contributed by atoms with E-state index in [1.54, 1.807) is 118 Å². The summed E-state index contributed by atoms with van der Waals surface area (Å²) in [6.07, 6.45) is 0. The lowest BCUT2D eigenvalue weighted by Crippen LogP contribution is -2.25. The first-order chi connectivity index (χ1) is 46.1. The van der Waals surface area contributed by atoms with Crippen LogP contribution < -0.4 is 31.8 Å². The van der Waals surface area contributed by atoms with E-state index in [4.69, 9.17) is 47.3 Å². The van der Waals surface area contributed by atoms with Crippen molar-refractivity contribution in [1.82, 2.24) is 0 Å². The minimum atomic E-state index is -3.68. The third-order valence-electron chi connectivity index (χ3n) is 16.9. The molecular weight excluding hydrogens is 1300 g/mol. The molecule has 0 saturated heterocycles. The maximum absolute atomic E-state index is 14.9. The first-order valence-electron chi connectivity index (χ1n) is 31.6. The summed E-state index contributed by atoms with van der Waals surface area (Å²) >= 11 is 12.4. The fraction of sp³-hybridized carbons (Fsp3) is 0.278. The summed E-state index contributed by atoms with van der Waals surface area (Å²) in [4.78, 5) is 42.1. The molecule has 0 saturated carbocycles. The summed E-state index contributed by atoms with van der Waals surface area (Å²) in [6, 6.07) is 58.1. The normalized spacial score (nSPS) is 11.3. The molecule has 0 radical (unpaired) electrons. The van der Waals surface area contributed by atoms with E-state index in [0.717, 1.165) is 72.3 Å². The summed E-state index contributed by atoms with van der Waals surface area (Å²) in [7, 11) is -5.91. The summed E-state index contributed by atoms with van der Waals surface area (Å²) in [5.74, 6) is 0.534. The number of ether oxygens (including phenoxy) is 5. The van der Waals surface area contributed by atoms with Gasteiger partial charge in [-0.25, -0.2) is 0 Å². The van der Waals surface area contributed by atoms with Crippen LogP contribution in [0.15, 0.2) is 194 Å². The fourth-order valence-electron chi connectivity index (χ4n) is 11.8. The second-order valence-electron chi connectivity index (χ2n) is 23.0. The highest BCUT2D eigenvalue weighted by molar-refractivity contribution is 7.94. The zero-order chi connectivity index (χ0) is 70.2. The van der Waals surface area contributed by atoms with Gasteiger partial charge in [-0.3, -0.25) is 14.4 Å². The highest BCUT2D eigenvalue weighted by Crippen LogP contribution is 2.51. The van der Waals surface area contributed by atoms with Crippen molar-refractivity contribution in [2.24, 2.45) is 0 Å². The summed E-state index contributed by atoms with van der Waals surface area (Å²) in [5, 5.41) is 11.2. The van der Waals surface area contributed by atoms with Crippen molar-refractivity contribution in [3.05, 3.63) is 283 Å². The monoisotopic (exact) mass is 1390 g/mol. The Labute approximate surface area is 577 Å². The molecule has 0 unspecified atom stereocenters.